The summed E-state index contributed by atoms with van der Waals surface area (Å²) in [5.41, 5.74) is 0.176. The highest BCUT2D eigenvalue weighted by molar-refractivity contribution is 5.84. The number of unbranched alkanes of at least 4 members (excludes halogenated alkanes) is 1. The van der Waals surface area contributed by atoms with Gasteiger partial charge in [-0.05, 0) is 19.3 Å². The van der Waals surface area contributed by atoms with E-state index in [1.165, 1.54) is 32.6 Å². The van der Waals surface area contributed by atoms with Gasteiger partial charge in [0.15, 0.2) is 0 Å². The molecule has 16 heavy (non-hydrogen) atoms. The predicted molar refractivity (Wildman–Crippen MR) is 67.5 cm³/mol. The lowest BCUT2D eigenvalue weighted by Crippen LogP contribution is -2.01. The number of aliphatic hydroxyl groups excluding tert-OH is 1. The third kappa shape index (κ3) is 13.2. The molecule has 2 N–H and O–H groups in total. The highest BCUT2D eigenvalue weighted by Crippen LogP contribution is 2.15. The Balaban J connectivity index is 0. The molecule has 0 saturated heterocycles. The fourth-order valence-corrected chi connectivity index (χ4v) is 1.23. The summed E-state index contributed by atoms with van der Waals surface area (Å²) in [6, 6.07) is 0. The largest absolute Gasteiger partial charge is 0.478 e. The maximum atomic E-state index is 9.60. The fraction of sp³-hybridized carbons (Fsp3) is 0.769. The highest BCUT2D eigenvalue weighted by atomic mass is 16.4. The number of carboxylic acids is 1. The van der Waals surface area contributed by atoms with Crippen molar-refractivity contribution < 1.29 is 15.0 Å². The van der Waals surface area contributed by atoms with Crippen LogP contribution in [0.5, 0.6) is 0 Å². The van der Waals surface area contributed by atoms with Gasteiger partial charge in [0.1, 0.15) is 0 Å². The summed E-state index contributed by atoms with van der Waals surface area (Å²) in [6.45, 7) is 9.38. The summed E-state index contributed by atoms with van der Waals surface area (Å²) in [5.74, 6) is -0.167. The van der Waals surface area contributed by atoms with Crippen LogP contribution in [0.25, 0.3) is 0 Å². The lowest BCUT2D eigenvalue weighted by molar-refractivity contribution is -0.132. The topological polar surface area (TPSA) is 57.5 Å². The number of carbonyl (C=O) groups is 1. The van der Waals surface area contributed by atoms with E-state index in [9.17, 15) is 4.79 Å². The normalized spacial score (nSPS) is 11.2. The van der Waals surface area contributed by atoms with E-state index in [1.54, 1.807) is 0 Å². The monoisotopic (exact) mass is 230 g/mol. The van der Waals surface area contributed by atoms with Gasteiger partial charge < -0.3 is 10.2 Å². The van der Waals surface area contributed by atoms with Gasteiger partial charge in [-0.3, -0.25) is 0 Å². The second kappa shape index (κ2) is 12.2. The van der Waals surface area contributed by atoms with Crippen molar-refractivity contribution in [1.29, 1.82) is 0 Å². The zero-order valence-corrected chi connectivity index (χ0v) is 10.8. The molecule has 0 rings (SSSR count). The van der Waals surface area contributed by atoms with Crippen molar-refractivity contribution >= 4 is 5.97 Å². The number of aliphatic hydroxyl groups is 1. The van der Waals surface area contributed by atoms with Crippen LogP contribution in [0, 0.1) is 5.92 Å². The van der Waals surface area contributed by atoms with Crippen LogP contribution in [-0.2, 0) is 4.79 Å². The van der Waals surface area contributed by atoms with Gasteiger partial charge in [-0.1, -0.05) is 46.1 Å². The molecular formula is C13H26O3. The third-order valence-electron chi connectivity index (χ3n) is 2.45. The van der Waals surface area contributed by atoms with Crippen LogP contribution < -0.4 is 0 Å². The Labute approximate surface area is 99.2 Å². The molecule has 3 heteroatoms. The lowest BCUT2D eigenvalue weighted by atomic mass is 9.96. The average molecular weight is 230 g/mol. The van der Waals surface area contributed by atoms with Crippen LogP contribution in [0.2, 0.25) is 0 Å². The Bertz CT molecular complexity index is 176. The van der Waals surface area contributed by atoms with Gasteiger partial charge in [-0.25, -0.2) is 4.79 Å². The van der Waals surface area contributed by atoms with Gasteiger partial charge in [-0.2, -0.15) is 0 Å². The molecule has 0 aliphatic heterocycles. The predicted octanol–water partition coefficient (Wildman–Crippen LogP) is 3.23. The van der Waals surface area contributed by atoms with E-state index < -0.39 is 5.97 Å². The van der Waals surface area contributed by atoms with Crippen molar-refractivity contribution in [2.24, 2.45) is 5.92 Å². The van der Waals surface area contributed by atoms with E-state index in [2.05, 4.69) is 20.4 Å². The standard InChI is InChI=1S/C9H20O.C4H6O2/c1-3-5-6-9(4-2)7-8-10;1-3(2)4(5)6/h9-10H,3-8H2,1-2H3;1H2,2H3,(H,5,6). The van der Waals surface area contributed by atoms with Crippen LogP contribution >= 0.6 is 0 Å². The van der Waals surface area contributed by atoms with Crippen LogP contribution in [0.4, 0.5) is 0 Å². The Morgan fingerprint density at radius 3 is 2.06 bits per heavy atom. The minimum atomic E-state index is -0.935. The summed E-state index contributed by atoms with van der Waals surface area (Å²) in [6.07, 6.45) is 6.12. The maximum Gasteiger partial charge on any atom is 0.330 e. The van der Waals surface area contributed by atoms with Gasteiger partial charge in [0, 0.05) is 12.2 Å². The molecule has 0 heterocycles. The Morgan fingerprint density at radius 2 is 1.81 bits per heavy atom. The first-order valence-electron chi connectivity index (χ1n) is 5.99. The maximum absolute atomic E-state index is 9.60. The Morgan fingerprint density at radius 1 is 1.31 bits per heavy atom. The van der Waals surface area contributed by atoms with Crippen LogP contribution in [0.3, 0.4) is 0 Å². The number of hydrogen-bond donors (Lipinski definition) is 2. The summed E-state index contributed by atoms with van der Waals surface area (Å²) in [5, 5.41) is 16.6. The molecule has 96 valence electrons. The van der Waals surface area contributed by atoms with E-state index in [0.29, 0.717) is 6.61 Å². The molecule has 0 aromatic carbocycles. The smallest absolute Gasteiger partial charge is 0.330 e. The third-order valence-corrected chi connectivity index (χ3v) is 2.45. The summed E-state index contributed by atoms with van der Waals surface area (Å²) in [7, 11) is 0. The van der Waals surface area contributed by atoms with Crippen molar-refractivity contribution in [3.8, 4) is 0 Å². The van der Waals surface area contributed by atoms with Crippen molar-refractivity contribution in [3.63, 3.8) is 0 Å². The summed E-state index contributed by atoms with van der Waals surface area (Å²) in [4.78, 5) is 9.60. The van der Waals surface area contributed by atoms with E-state index in [0.717, 1.165) is 12.3 Å². The zero-order chi connectivity index (χ0) is 13.0. The first kappa shape index (κ1) is 17.6. The molecule has 0 spiro atoms. The molecule has 1 unspecified atom stereocenters. The molecule has 0 aromatic heterocycles. The van der Waals surface area contributed by atoms with E-state index in [1.807, 2.05) is 0 Å². The van der Waals surface area contributed by atoms with Gasteiger partial charge in [-0.15, -0.1) is 0 Å². The molecule has 0 bridgehead atoms. The summed E-state index contributed by atoms with van der Waals surface area (Å²) < 4.78 is 0. The van der Waals surface area contributed by atoms with E-state index in [4.69, 9.17) is 10.2 Å². The second-order valence-electron chi connectivity index (χ2n) is 4.01. The molecule has 0 amide bonds. The molecule has 3 nitrogen and oxygen atoms in total. The van der Waals surface area contributed by atoms with Gasteiger partial charge in [0.2, 0.25) is 0 Å². The number of aliphatic carboxylic acids is 1. The minimum absolute atomic E-state index is 0.176. The molecule has 0 fully saturated rings. The van der Waals surface area contributed by atoms with Crippen molar-refractivity contribution in [2.45, 2.75) is 52.9 Å². The molecule has 0 aromatic rings. The molecular weight excluding hydrogens is 204 g/mol. The number of carboxylic acid groups (broad SMARTS) is 1. The van der Waals surface area contributed by atoms with Crippen molar-refractivity contribution in [1.82, 2.24) is 0 Å². The van der Waals surface area contributed by atoms with Crippen molar-refractivity contribution in [3.05, 3.63) is 12.2 Å². The van der Waals surface area contributed by atoms with Crippen LogP contribution in [0.15, 0.2) is 12.2 Å². The molecule has 0 saturated carbocycles. The quantitative estimate of drug-likeness (QED) is 0.660. The van der Waals surface area contributed by atoms with Gasteiger partial charge in [0.25, 0.3) is 0 Å². The second-order valence-corrected chi connectivity index (χ2v) is 4.01. The van der Waals surface area contributed by atoms with Gasteiger partial charge >= 0.3 is 5.97 Å². The average Bonchev–Trinajstić information content (AvgIpc) is 2.25. The molecule has 1 atom stereocenters. The number of rotatable bonds is 7. The lowest BCUT2D eigenvalue weighted by Gasteiger charge is -2.11. The molecule has 0 aliphatic rings. The fourth-order valence-electron chi connectivity index (χ4n) is 1.23. The Hall–Kier alpha value is -0.830. The highest BCUT2D eigenvalue weighted by Gasteiger charge is 2.03. The van der Waals surface area contributed by atoms with E-state index in [-0.39, 0.29) is 5.57 Å². The summed E-state index contributed by atoms with van der Waals surface area (Å²) >= 11 is 0. The Kier molecular flexibility index (Phi) is 13.4. The minimum Gasteiger partial charge on any atom is -0.478 e. The van der Waals surface area contributed by atoms with Crippen molar-refractivity contribution in [2.75, 3.05) is 6.61 Å². The first-order chi connectivity index (χ1) is 7.49. The number of hydrogen-bond acceptors (Lipinski definition) is 2. The van der Waals surface area contributed by atoms with Crippen LogP contribution in [-0.4, -0.2) is 22.8 Å². The van der Waals surface area contributed by atoms with Crippen LogP contribution in [0.1, 0.15) is 52.9 Å². The zero-order valence-electron chi connectivity index (χ0n) is 10.8. The van der Waals surface area contributed by atoms with Gasteiger partial charge in [0.05, 0.1) is 0 Å². The SMILES string of the molecule is C=C(C)C(=O)O.CCCCC(CC)CCO. The molecule has 0 aliphatic carbocycles. The van der Waals surface area contributed by atoms with E-state index >= 15 is 0 Å². The first-order valence-corrected chi connectivity index (χ1v) is 5.99. The molecule has 0 radical (unpaired) electrons.